The topological polar surface area (TPSA) is 29.1 Å². The lowest BCUT2D eigenvalue weighted by atomic mass is 10.1. The molecule has 1 aromatic carbocycles. The predicted octanol–water partition coefficient (Wildman–Crippen LogP) is 2.33. The summed E-state index contributed by atoms with van der Waals surface area (Å²) in [5.74, 6) is -1.71. The molecule has 80 valence electrons. The van der Waals surface area contributed by atoms with E-state index in [2.05, 4.69) is 11.9 Å². The summed E-state index contributed by atoms with van der Waals surface area (Å²) < 4.78 is 25.7. The molecule has 2 nitrogen and oxygen atoms in total. The minimum absolute atomic E-state index is 0.378. The van der Waals surface area contributed by atoms with Crippen molar-refractivity contribution in [2.75, 3.05) is 0 Å². The molecule has 0 saturated carbocycles. The summed E-state index contributed by atoms with van der Waals surface area (Å²) in [6.45, 7) is 4.92. The maximum atomic E-state index is 12.8. The second-order valence-electron chi connectivity index (χ2n) is 3.14. The standard InChI is InChI=1S/C11H11F2NO/c1-3-11(15)14-7(2)8-4-9(12)6-10(13)5-8/h3-7H,1H2,2H3,(H,14,15)/t7-/m0/s1. The third-order valence-electron chi connectivity index (χ3n) is 1.93. The maximum absolute atomic E-state index is 12.8. The molecule has 1 rings (SSSR count). The van der Waals surface area contributed by atoms with Crippen molar-refractivity contribution in [3.8, 4) is 0 Å². The van der Waals surface area contributed by atoms with Gasteiger partial charge in [-0.1, -0.05) is 6.58 Å². The number of hydrogen-bond donors (Lipinski definition) is 1. The Morgan fingerprint density at radius 1 is 1.40 bits per heavy atom. The Kier molecular flexibility index (Phi) is 3.55. The Hall–Kier alpha value is -1.71. The van der Waals surface area contributed by atoms with Crippen LogP contribution in [0.5, 0.6) is 0 Å². The van der Waals surface area contributed by atoms with Crippen molar-refractivity contribution in [1.82, 2.24) is 5.32 Å². The van der Waals surface area contributed by atoms with Crippen LogP contribution in [-0.2, 0) is 4.79 Å². The van der Waals surface area contributed by atoms with Gasteiger partial charge in [-0.15, -0.1) is 0 Å². The van der Waals surface area contributed by atoms with Crippen LogP contribution in [0, 0.1) is 11.6 Å². The van der Waals surface area contributed by atoms with E-state index in [1.54, 1.807) is 6.92 Å². The molecular formula is C11H11F2NO. The van der Waals surface area contributed by atoms with E-state index in [0.717, 1.165) is 12.1 Å². The molecule has 0 aromatic heterocycles. The summed E-state index contributed by atoms with van der Waals surface area (Å²) in [5.41, 5.74) is 0.378. The van der Waals surface area contributed by atoms with Crippen molar-refractivity contribution < 1.29 is 13.6 Å². The minimum Gasteiger partial charge on any atom is -0.346 e. The second-order valence-corrected chi connectivity index (χ2v) is 3.14. The first-order valence-corrected chi connectivity index (χ1v) is 4.42. The zero-order chi connectivity index (χ0) is 11.4. The van der Waals surface area contributed by atoms with Crippen molar-refractivity contribution in [2.45, 2.75) is 13.0 Å². The summed E-state index contributed by atoms with van der Waals surface area (Å²) in [5, 5.41) is 2.51. The van der Waals surface area contributed by atoms with Crippen molar-refractivity contribution in [1.29, 1.82) is 0 Å². The Balaban J connectivity index is 2.85. The van der Waals surface area contributed by atoms with E-state index in [1.165, 1.54) is 12.1 Å². The van der Waals surface area contributed by atoms with E-state index in [0.29, 0.717) is 5.56 Å². The van der Waals surface area contributed by atoms with Gasteiger partial charge in [0.25, 0.3) is 0 Å². The van der Waals surface area contributed by atoms with Gasteiger partial charge < -0.3 is 5.32 Å². The molecule has 0 heterocycles. The van der Waals surface area contributed by atoms with Crippen LogP contribution in [-0.4, -0.2) is 5.91 Å². The number of carbonyl (C=O) groups is 1. The highest BCUT2D eigenvalue weighted by Gasteiger charge is 2.09. The average Bonchev–Trinajstić information content (AvgIpc) is 2.16. The molecule has 0 aliphatic carbocycles. The highest BCUT2D eigenvalue weighted by Crippen LogP contribution is 2.15. The van der Waals surface area contributed by atoms with Crippen LogP contribution in [0.25, 0.3) is 0 Å². The van der Waals surface area contributed by atoms with Crippen LogP contribution < -0.4 is 5.32 Å². The molecule has 1 N–H and O–H groups in total. The van der Waals surface area contributed by atoms with Gasteiger partial charge in [-0.2, -0.15) is 0 Å². The van der Waals surface area contributed by atoms with E-state index in [4.69, 9.17) is 0 Å². The Morgan fingerprint density at radius 2 is 1.93 bits per heavy atom. The summed E-state index contributed by atoms with van der Waals surface area (Å²) >= 11 is 0. The van der Waals surface area contributed by atoms with Gasteiger partial charge in [-0.05, 0) is 30.7 Å². The van der Waals surface area contributed by atoms with E-state index in [1.807, 2.05) is 0 Å². The first-order chi connectivity index (χ1) is 7.02. The average molecular weight is 211 g/mol. The van der Waals surface area contributed by atoms with E-state index >= 15 is 0 Å². The fourth-order valence-corrected chi connectivity index (χ4v) is 1.18. The van der Waals surface area contributed by atoms with Gasteiger partial charge in [0.05, 0.1) is 6.04 Å². The lowest BCUT2D eigenvalue weighted by molar-refractivity contribution is -0.117. The highest BCUT2D eigenvalue weighted by atomic mass is 19.1. The molecule has 0 spiro atoms. The van der Waals surface area contributed by atoms with E-state index in [-0.39, 0.29) is 5.91 Å². The van der Waals surface area contributed by atoms with Crippen molar-refractivity contribution in [3.05, 3.63) is 48.1 Å². The molecule has 0 aliphatic rings. The molecule has 1 atom stereocenters. The van der Waals surface area contributed by atoms with Crippen molar-refractivity contribution in [2.24, 2.45) is 0 Å². The minimum atomic E-state index is -0.662. The lowest BCUT2D eigenvalue weighted by Gasteiger charge is -2.12. The van der Waals surface area contributed by atoms with Crippen LogP contribution in [0.2, 0.25) is 0 Å². The third-order valence-corrected chi connectivity index (χ3v) is 1.93. The number of carbonyl (C=O) groups excluding carboxylic acids is 1. The van der Waals surface area contributed by atoms with Crippen LogP contribution in [0.1, 0.15) is 18.5 Å². The van der Waals surface area contributed by atoms with Crippen molar-refractivity contribution in [3.63, 3.8) is 0 Å². The van der Waals surface area contributed by atoms with Crippen LogP contribution in [0.3, 0.4) is 0 Å². The Labute approximate surface area is 86.6 Å². The van der Waals surface area contributed by atoms with Gasteiger partial charge in [0, 0.05) is 6.07 Å². The fourth-order valence-electron chi connectivity index (χ4n) is 1.18. The molecule has 0 fully saturated rings. The van der Waals surface area contributed by atoms with E-state index in [9.17, 15) is 13.6 Å². The number of amides is 1. The highest BCUT2D eigenvalue weighted by molar-refractivity contribution is 5.87. The molecule has 0 bridgehead atoms. The Bertz CT molecular complexity index is 370. The molecule has 4 heteroatoms. The van der Waals surface area contributed by atoms with Gasteiger partial charge in [-0.25, -0.2) is 8.78 Å². The molecular weight excluding hydrogens is 200 g/mol. The first kappa shape index (κ1) is 11.4. The summed E-state index contributed by atoms with van der Waals surface area (Å²) in [4.78, 5) is 10.9. The predicted molar refractivity (Wildman–Crippen MR) is 53.1 cm³/mol. The zero-order valence-electron chi connectivity index (χ0n) is 8.26. The zero-order valence-corrected chi connectivity index (χ0v) is 8.26. The van der Waals surface area contributed by atoms with Gasteiger partial charge in [-0.3, -0.25) is 4.79 Å². The molecule has 15 heavy (non-hydrogen) atoms. The lowest BCUT2D eigenvalue weighted by Crippen LogP contribution is -2.24. The largest absolute Gasteiger partial charge is 0.346 e. The molecule has 1 aromatic rings. The van der Waals surface area contributed by atoms with Gasteiger partial charge >= 0.3 is 0 Å². The number of nitrogens with one attached hydrogen (secondary N) is 1. The van der Waals surface area contributed by atoms with Gasteiger partial charge in [0.15, 0.2) is 0 Å². The molecule has 0 radical (unpaired) electrons. The number of benzene rings is 1. The number of hydrogen-bond acceptors (Lipinski definition) is 1. The normalized spacial score (nSPS) is 11.9. The van der Waals surface area contributed by atoms with Gasteiger partial charge in [0.2, 0.25) is 5.91 Å². The van der Waals surface area contributed by atoms with Gasteiger partial charge in [0.1, 0.15) is 11.6 Å². The SMILES string of the molecule is C=CC(=O)N[C@@H](C)c1cc(F)cc(F)c1. The second kappa shape index (κ2) is 4.68. The third kappa shape index (κ3) is 3.16. The molecule has 0 aliphatic heterocycles. The number of rotatable bonds is 3. The van der Waals surface area contributed by atoms with Crippen LogP contribution >= 0.6 is 0 Å². The fraction of sp³-hybridized carbons (Fsp3) is 0.182. The van der Waals surface area contributed by atoms with Crippen LogP contribution in [0.4, 0.5) is 8.78 Å². The summed E-state index contributed by atoms with van der Waals surface area (Å²) in [6, 6.07) is 2.68. The quantitative estimate of drug-likeness (QED) is 0.764. The van der Waals surface area contributed by atoms with Crippen LogP contribution in [0.15, 0.2) is 30.9 Å². The summed E-state index contributed by atoms with van der Waals surface area (Å²) in [6.07, 6.45) is 1.10. The molecule has 1 amide bonds. The first-order valence-electron chi connectivity index (χ1n) is 4.42. The van der Waals surface area contributed by atoms with E-state index < -0.39 is 17.7 Å². The maximum Gasteiger partial charge on any atom is 0.243 e. The smallest absolute Gasteiger partial charge is 0.243 e. The Morgan fingerprint density at radius 3 is 2.40 bits per heavy atom. The summed E-state index contributed by atoms with van der Waals surface area (Å²) in [7, 11) is 0. The molecule has 0 unspecified atom stereocenters. The molecule has 0 saturated heterocycles. The number of halogens is 2. The van der Waals surface area contributed by atoms with Crippen molar-refractivity contribution >= 4 is 5.91 Å². The monoisotopic (exact) mass is 211 g/mol.